The molecular formula is C20H15NO. The predicted octanol–water partition coefficient (Wildman–Crippen LogP) is 4.60. The van der Waals surface area contributed by atoms with Gasteiger partial charge < -0.3 is 4.74 Å². The number of para-hydroxylation sites is 1. The smallest absolute Gasteiger partial charge is 0.148 e. The van der Waals surface area contributed by atoms with Gasteiger partial charge in [0.15, 0.2) is 0 Å². The van der Waals surface area contributed by atoms with Crippen molar-refractivity contribution in [3.63, 3.8) is 0 Å². The SMILES string of the molecule is C#CCOc1ccc2ccccc2c1C=Nc1ccccc1. The Balaban J connectivity index is 2.08. The molecule has 0 amide bonds. The Labute approximate surface area is 130 Å². The summed E-state index contributed by atoms with van der Waals surface area (Å²) in [5, 5.41) is 2.24. The highest BCUT2D eigenvalue weighted by molar-refractivity contribution is 6.03. The van der Waals surface area contributed by atoms with Crippen LogP contribution in [0.3, 0.4) is 0 Å². The quantitative estimate of drug-likeness (QED) is 0.507. The van der Waals surface area contributed by atoms with Crippen molar-refractivity contribution in [3.05, 3.63) is 72.3 Å². The van der Waals surface area contributed by atoms with Crippen LogP contribution in [0.5, 0.6) is 5.75 Å². The Bertz CT molecular complexity index is 844. The summed E-state index contributed by atoms with van der Waals surface area (Å²) in [5.41, 5.74) is 1.84. The largest absolute Gasteiger partial charge is 0.480 e. The summed E-state index contributed by atoms with van der Waals surface area (Å²) < 4.78 is 5.66. The van der Waals surface area contributed by atoms with Crippen LogP contribution < -0.4 is 4.74 Å². The number of hydrogen-bond acceptors (Lipinski definition) is 2. The first-order valence-corrected chi connectivity index (χ1v) is 7.05. The van der Waals surface area contributed by atoms with E-state index in [1.807, 2.05) is 60.8 Å². The van der Waals surface area contributed by atoms with E-state index in [2.05, 4.69) is 23.0 Å². The lowest BCUT2D eigenvalue weighted by atomic mass is 10.0. The topological polar surface area (TPSA) is 21.6 Å². The van der Waals surface area contributed by atoms with Crippen molar-refractivity contribution >= 4 is 22.7 Å². The molecule has 106 valence electrons. The van der Waals surface area contributed by atoms with Gasteiger partial charge in [-0.05, 0) is 29.0 Å². The standard InChI is InChI=1S/C20H15NO/c1-2-14-22-20-13-12-16-8-6-7-11-18(16)19(20)15-21-17-9-4-3-5-10-17/h1,3-13,15H,14H2. The van der Waals surface area contributed by atoms with E-state index < -0.39 is 0 Å². The molecule has 0 aromatic heterocycles. The average molecular weight is 285 g/mol. The fraction of sp³-hybridized carbons (Fsp3) is 0.0500. The molecule has 0 aliphatic heterocycles. The first kappa shape index (κ1) is 13.9. The summed E-state index contributed by atoms with van der Waals surface area (Å²) in [7, 11) is 0. The highest BCUT2D eigenvalue weighted by Crippen LogP contribution is 2.27. The predicted molar refractivity (Wildman–Crippen MR) is 92.0 cm³/mol. The van der Waals surface area contributed by atoms with Crippen molar-refractivity contribution < 1.29 is 4.74 Å². The van der Waals surface area contributed by atoms with Crippen LogP contribution in [0.2, 0.25) is 0 Å². The highest BCUT2D eigenvalue weighted by atomic mass is 16.5. The van der Waals surface area contributed by atoms with Crippen LogP contribution in [0.4, 0.5) is 5.69 Å². The van der Waals surface area contributed by atoms with Crippen LogP contribution in [-0.2, 0) is 0 Å². The zero-order valence-corrected chi connectivity index (χ0v) is 12.1. The maximum atomic E-state index is 5.66. The summed E-state index contributed by atoms with van der Waals surface area (Å²) in [4.78, 5) is 4.54. The summed E-state index contributed by atoms with van der Waals surface area (Å²) >= 11 is 0. The molecule has 0 aliphatic carbocycles. The molecule has 0 heterocycles. The van der Waals surface area contributed by atoms with Crippen LogP contribution in [0.15, 0.2) is 71.7 Å². The van der Waals surface area contributed by atoms with Gasteiger partial charge in [0.05, 0.1) is 5.69 Å². The van der Waals surface area contributed by atoms with Gasteiger partial charge >= 0.3 is 0 Å². The molecule has 0 saturated heterocycles. The van der Waals surface area contributed by atoms with Crippen LogP contribution in [0.25, 0.3) is 10.8 Å². The minimum absolute atomic E-state index is 0.241. The molecular weight excluding hydrogens is 270 g/mol. The maximum absolute atomic E-state index is 5.66. The number of hydrogen-bond donors (Lipinski definition) is 0. The number of fused-ring (bicyclic) bond motifs is 1. The number of ether oxygens (including phenoxy) is 1. The second kappa shape index (κ2) is 6.60. The number of rotatable bonds is 4. The summed E-state index contributed by atoms with van der Waals surface area (Å²) in [6.07, 6.45) is 7.13. The Morgan fingerprint density at radius 1 is 0.955 bits per heavy atom. The molecule has 3 aromatic rings. The van der Waals surface area contributed by atoms with Crippen molar-refractivity contribution in [2.45, 2.75) is 0 Å². The maximum Gasteiger partial charge on any atom is 0.148 e. The molecule has 0 bridgehead atoms. The third-order valence-corrected chi connectivity index (χ3v) is 3.34. The molecule has 0 atom stereocenters. The fourth-order valence-electron chi connectivity index (χ4n) is 2.31. The van der Waals surface area contributed by atoms with Crippen molar-refractivity contribution in [2.75, 3.05) is 6.61 Å². The molecule has 0 spiro atoms. The molecule has 0 aliphatic rings. The third kappa shape index (κ3) is 2.99. The van der Waals surface area contributed by atoms with Crippen LogP contribution in [0.1, 0.15) is 5.56 Å². The van der Waals surface area contributed by atoms with Crippen molar-refractivity contribution in [1.82, 2.24) is 0 Å². The van der Waals surface area contributed by atoms with E-state index in [0.29, 0.717) is 0 Å². The number of aliphatic imine (C=N–C) groups is 1. The molecule has 0 radical (unpaired) electrons. The normalized spacial score (nSPS) is 10.7. The van der Waals surface area contributed by atoms with Crippen LogP contribution >= 0.6 is 0 Å². The van der Waals surface area contributed by atoms with E-state index in [0.717, 1.165) is 27.8 Å². The van der Waals surface area contributed by atoms with E-state index in [4.69, 9.17) is 11.2 Å². The molecule has 0 fully saturated rings. The second-order valence-electron chi connectivity index (χ2n) is 4.79. The highest BCUT2D eigenvalue weighted by Gasteiger charge is 2.06. The number of benzene rings is 3. The van der Waals surface area contributed by atoms with Gasteiger partial charge in [-0.1, -0.05) is 54.5 Å². The van der Waals surface area contributed by atoms with E-state index in [1.54, 1.807) is 0 Å². The minimum atomic E-state index is 0.241. The average Bonchev–Trinajstić information content (AvgIpc) is 2.59. The molecule has 2 heteroatoms. The van der Waals surface area contributed by atoms with Crippen LogP contribution in [0, 0.1) is 12.3 Å². The summed E-state index contributed by atoms with van der Waals surface area (Å²) in [5.74, 6) is 3.25. The molecule has 0 saturated carbocycles. The van der Waals surface area contributed by atoms with Gasteiger partial charge in [-0.25, -0.2) is 0 Å². The van der Waals surface area contributed by atoms with Gasteiger partial charge in [0.1, 0.15) is 12.4 Å². The Kier molecular flexibility index (Phi) is 4.17. The Hall–Kier alpha value is -3.05. The Morgan fingerprint density at radius 3 is 2.55 bits per heavy atom. The first-order chi connectivity index (χ1) is 10.9. The van der Waals surface area contributed by atoms with E-state index in [-0.39, 0.29) is 6.61 Å². The molecule has 3 rings (SSSR count). The molecule has 0 N–H and O–H groups in total. The van der Waals surface area contributed by atoms with Crippen molar-refractivity contribution in [1.29, 1.82) is 0 Å². The van der Waals surface area contributed by atoms with Gasteiger partial charge in [0.2, 0.25) is 0 Å². The van der Waals surface area contributed by atoms with E-state index in [1.165, 1.54) is 0 Å². The lowest BCUT2D eigenvalue weighted by Crippen LogP contribution is -1.98. The fourth-order valence-corrected chi connectivity index (χ4v) is 2.31. The van der Waals surface area contributed by atoms with Crippen molar-refractivity contribution in [2.24, 2.45) is 4.99 Å². The number of terminal acetylenes is 1. The van der Waals surface area contributed by atoms with E-state index >= 15 is 0 Å². The molecule has 2 nitrogen and oxygen atoms in total. The summed E-state index contributed by atoms with van der Waals surface area (Å²) in [6.45, 7) is 0.241. The zero-order valence-electron chi connectivity index (χ0n) is 12.1. The molecule has 0 unspecified atom stereocenters. The minimum Gasteiger partial charge on any atom is -0.480 e. The molecule has 3 aromatic carbocycles. The van der Waals surface area contributed by atoms with Gasteiger partial charge in [-0.2, -0.15) is 0 Å². The monoisotopic (exact) mass is 285 g/mol. The summed E-state index contributed by atoms with van der Waals surface area (Å²) in [6, 6.07) is 21.9. The third-order valence-electron chi connectivity index (χ3n) is 3.34. The first-order valence-electron chi connectivity index (χ1n) is 7.05. The zero-order chi connectivity index (χ0) is 15.2. The second-order valence-corrected chi connectivity index (χ2v) is 4.79. The van der Waals surface area contributed by atoms with Gasteiger partial charge in [0, 0.05) is 11.8 Å². The Morgan fingerprint density at radius 2 is 1.73 bits per heavy atom. The number of nitrogens with zero attached hydrogens (tertiary/aromatic N) is 1. The van der Waals surface area contributed by atoms with Gasteiger partial charge in [-0.15, -0.1) is 6.42 Å². The molecule has 22 heavy (non-hydrogen) atoms. The van der Waals surface area contributed by atoms with E-state index in [9.17, 15) is 0 Å². The lowest BCUT2D eigenvalue weighted by molar-refractivity contribution is 0.370. The van der Waals surface area contributed by atoms with Gasteiger partial charge in [0.25, 0.3) is 0 Å². The lowest BCUT2D eigenvalue weighted by Gasteiger charge is -2.09. The van der Waals surface area contributed by atoms with Crippen LogP contribution in [-0.4, -0.2) is 12.8 Å². The van der Waals surface area contributed by atoms with Crippen molar-refractivity contribution in [3.8, 4) is 18.1 Å². The van der Waals surface area contributed by atoms with Gasteiger partial charge in [-0.3, -0.25) is 4.99 Å².